The molecule has 0 aliphatic rings. The molecule has 11 heavy (non-hydrogen) atoms. The second kappa shape index (κ2) is 5.09. The van der Waals surface area contributed by atoms with E-state index in [1.807, 2.05) is 6.92 Å². The molecule has 0 aromatic rings. The minimum Gasteiger partial charge on any atom is -0.481 e. The van der Waals surface area contributed by atoms with E-state index in [9.17, 15) is 4.79 Å². The minimum absolute atomic E-state index is 0.388. The van der Waals surface area contributed by atoms with Crippen LogP contribution in [0.4, 0.5) is 0 Å². The van der Waals surface area contributed by atoms with Crippen LogP contribution in [0.15, 0.2) is 0 Å². The minimum atomic E-state index is -1.13. The van der Waals surface area contributed by atoms with Gasteiger partial charge in [0.1, 0.15) is 0 Å². The van der Waals surface area contributed by atoms with Gasteiger partial charge in [0.05, 0.1) is 18.6 Å². The van der Waals surface area contributed by atoms with Crippen LogP contribution in [-0.2, 0) is 4.79 Å². The first kappa shape index (κ1) is 10.4. The fourth-order valence-electron chi connectivity index (χ4n) is 0.803. The van der Waals surface area contributed by atoms with E-state index >= 15 is 0 Å². The lowest BCUT2D eigenvalue weighted by Gasteiger charge is -2.14. The Balaban J connectivity index is 3.63. The molecule has 0 radical (unpaired) electrons. The molecule has 66 valence electrons. The highest BCUT2D eigenvalue weighted by molar-refractivity contribution is 5.67. The quantitative estimate of drug-likeness (QED) is 0.531. The summed E-state index contributed by atoms with van der Waals surface area (Å²) in [6.45, 7) is 1.86. The van der Waals surface area contributed by atoms with Gasteiger partial charge in [0, 0.05) is 0 Å². The summed E-state index contributed by atoms with van der Waals surface area (Å²) in [5.41, 5.74) is 0. The summed E-state index contributed by atoms with van der Waals surface area (Å²) >= 11 is 0. The largest absolute Gasteiger partial charge is 0.481 e. The molecule has 0 aliphatic carbocycles. The van der Waals surface area contributed by atoms with Gasteiger partial charge in [0.25, 0.3) is 0 Å². The molecule has 2 atom stereocenters. The normalized spacial score (nSPS) is 15.9. The van der Waals surface area contributed by atoms with Crippen LogP contribution < -0.4 is 0 Å². The zero-order chi connectivity index (χ0) is 8.85. The summed E-state index contributed by atoms with van der Waals surface area (Å²) in [7, 11) is 0. The Morgan fingerprint density at radius 1 is 1.36 bits per heavy atom. The molecule has 0 amide bonds. The lowest BCUT2D eigenvalue weighted by Crippen LogP contribution is -2.28. The maximum absolute atomic E-state index is 10.0. The molecule has 0 fully saturated rings. The maximum Gasteiger partial charge on any atom is 0.306 e. The number of carboxylic acid groups (broad SMARTS) is 1. The van der Waals surface area contributed by atoms with Crippen LogP contribution in [0.5, 0.6) is 0 Å². The molecule has 0 bridgehead atoms. The third kappa shape index (κ3) is 4.75. The molecule has 4 nitrogen and oxygen atoms in total. The van der Waals surface area contributed by atoms with E-state index in [2.05, 4.69) is 0 Å². The molecular formula is C7H14O4. The number of aliphatic carboxylic acids is 1. The Bertz CT molecular complexity index is 124. The molecule has 3 N–H and O–H groups in total. The zero-order valence-corrected chi connectivity index (χ0v) is 6.53. The van der Waals surface area contributed by atoms with E-state index < -0.39 is 18.2 Å². The molecule has 0 spiro atoms. The van der Waals surface area contributed by atoms with Gasteiger partial charge >= 0.3 is 5.97 Å². The van der Waals surface area contributed by atoms with Crippen LogP contribution >= 0.6 is 0 Å². The van der Waals surface area contributed by atoms with Crippen molar-refractivity contribution in [1.29, 1.82) is 0 Å². The van der Waals surface area contributed by atoms with Crippen LogP contribution in [0.3, 0.4) is 0 Å². The fourth-order valence-corrected chi connectivity index (χ4v) is 0.803. The van der Waals surface area contributed by atoms with Gasteiger partial charge in [0.15, 0.2) is 0 Å². The van der Waals surface area contributed by atoms with Gasteiger partial charge in [-0.25, -0.2) is 0 Å². The van der Waals surface area contributed by atoms with Crippen LogP contribution in [0, 0.1) is 0 Å². The topological polar surface area (TPSA) is 77.8 Å². The summed E-state index contributed by atoms with van der Waals surface area (Å²) in [5, 5.41) is 26.3. The van der Waals surface area contributed by atoms with E-state index in [-0.39, 0.29) is 6.42 Å². The summed E-state index contributed by atoms with van der Waals surface area (Å²) in [6, 6.07) is 0. The zero-order valence-electron chi connectivity index (χ0n) is 6.53. The third-order valence-electron chi connectivity index (χ3n) is 1.41. The summed E-state index contributed by atoms with van der Waals surface area (Å²) in [4.78, 5) is 10.0. The number of aliphatic hydroxyl groups is 2. The fraction of sp³-hybridized carbons (Fsp3) is 0.857. The van der Waals surface area contributed by atoms with Crippen molar-refractivity contribution in [2.24, 2.45) is 0 Å². The lowest BCUT2D eigenvalue weighted by atomic mass is 10.1. The molecule has 0 rings (SSSR count). The van der Waals surface area contributed by atoms with Gasteiger partial charge in [-0.1, -0.05) is 13.3 Å². The van der Waals surface area contributed by atoms with Crippen LogP contribution in [-0.4, -0.2) is 33.5 Å². The molecule has 0 aliphatic heterocycles. The van der Waals surface area contributed by atoms with Gasteiger partial charge < -0.3 is 15.3 Å². The predicted molar refractivity (Wildman–Crippen MR) is 39.2 cm³/mol. The summed E-state index contributed by atoms with van der Waals surface area (Å²) in [6.07, 6.45) is -1.25. The molecule has 0 saturated carbocycles. The number of hydrogen-bond acceptors (Lipinski definition) is 3. The predicted octanol–water partition coefficient (Wildman–Crippen LogP) is -0.0170. The molecule has 4 heteroatoms. The monoisotopic (exact) mass is 162 g/mol. The van der Waals surface area contributed by atoms with Crippen molar-refractivity contribution in [1.82, 2.24) is 0 Å². The van der Waals surface area contributed by atoms with Crippen molar-refractivity contribution in [3.8, 4) is 0 Å². The second-order valence-corrected chi connectivity index (χ2v) is 2.52. The molecule has 2 unspecified atom stereocenters. The van der Waals surface area contributed by atoms with Crippen LogP contribution in [0.25, 0.3) is 0 Å². The number of aliphatic hydroxyl groups excluding tert-OH is 2. The van der Waals surface area contributed by atoms with Gasteiger partial charge in [-0.05, 0) is 6.42 Å². The standard InChI is InChI=1S/C7H14O4/c1-2-3-5(8)6(9)4-7(10)11/h5-6,8-9H,2-4H2,1H3,(H,10,11). The van der Waals surface area contributed by atoms with Crippen molar-refractivity contribution < 1.29 is 20.1 Å². The average Bonchev–Trinajstić information content (AvgIpc) is 1.86. The first-order chi connectivity index (χ1) is 5.07. The van der Waals surface area contributed by atoms with E-state index in [0.29, 0.717) is 6.42 Å². The number of hydrogen-bond donors (Lipinski definition) is 3. The SMILES string of the molecule is CCCC(O)C(O)CC(=O)O. The molecule has 0 saturated heterocycles. The van der Waals surface area contributed by atoms with Crippen molar-refractivity contribution in [2.75, 3.05) is 0 Å². The van der Waals surface area contributed by atoms with Gasteiger partial charge in [-0.15, -0.1) is 0 Å². The van der Waals surface area contributed by atoms with E-state index in [1.54, 1.807) is 0 Å². The van der Waals surface area contributed by atoms with E-state index in [1.165, 1.54) is 0 Å². The highest BCUT2D eigenvalue weighted by Crippen LogP contribution is 2.05. The van der Waals surface area contributed by atoms with Gasteiger partial charge in [0.2, 0.25) is 0 Å². The Kier molecular flexibility index (Phi) is 4.81. The summed E-state index contributed by atoms with van der Waals surface area (Å²) < 4.78 is 0. The van der Waals surface area contributed by atoms with Crippen molar-refractivity contribution in [2.45, 2.75) is 38.4 Å². The number of rotatable bonds is 5. The molecule has 0 aromatic carbocycles. The summed E-state index contributed by atoms with van der Waals surface area (Å²) in [5.74, 6) is -1.09. The second-order valence-electron chi connectivity index (χ2n) is 2.52. The first-order valence-electron chi connectivity index (χ1n) is 3.65. The highest BCUT2D eigenvalue weighted by Gasteiger charge is 2.17. The first-order valence-corrected chi connectivity index (χ1v) is 3.65. The van der Waals surface area contributed by atoms with Crippen LogP contribution in [0.1, 0.15) is 26.2 Å². The van der Waals surface area contributed by atoms with Crippen LogP contribution in [0.2, 0.25) is 0 Å². The Morgan fingerprint density at radius 2 is 1.91 bits per heavy atom. The molecule has 0 heterocycles. The van der Waals surface area contributed by atoms with Gasteiger partial charge in [-0.3, -0.25) is 4.79 Å². The Hall–Kier alpha value is -0.610. The highest BCUT2D eigenvalue weighted by atomic mass is 16.4. The lowest BCUT2D eigenvalue weighted by molar-refractivity contribution is -0.141. The average molecular weight is 162 g/mol. The molecular weight excluding hydrogens is 148 g/mol. The Labute approximate surface area is 65.5 Å². The molecule has 0 aromatic heterocycles. The smallest absolute Gasteiger partial charge is 0.306 e. The van der Waals surface area contributed by atoms with Crippen molar-refractivity contribution >= 4 is 5.97 Å². The number of carbonyl (C=O) groups is 1. The third-order valence-corrected chi connectivity index (χ3v) is 1.41. The number of carboxylic acids is 1. The maximum atomic E-state index is 10.0. The Morgan fingerprint density at radius 3 is 2.27 bits per heavy atom. The van der Waals surface area contributed by atoms with Crippen molar-refractivity contribution in [3.05, 3.63) is 0 Å². The van der Waals surface area contributed by atoms with Crippen molar-refractivity contribution in [3.63, 3.8) is 0 Å². The van der Waals surface area contributed by atoms with E-state index in [4.69, 9.17) is 15.3 Å². The van der Waals surface area contributed by atoms with E-state index in [0.717, 1.165) is 6.42 Å². The van der Waals surface area contributed by atoms with Gasteiger partial charge in [-0.2, -0.15) is 0 Å².